The number of nitrogens with two attached hydrogens (primary N) is 1. The van der Waals surface area contributed by atoms with E-state index in [2.05, 4.69) is 30.4 Å². The van der Waals surface area contributed by atoms with Crippen molar-refractivity contribution >= 4 is 5.97 Å². The summed E-state index contributed by atoms with van der Waals surface area (Å²) >= 11 is 0. The molecule has 2 N–H and O–H groups in total. The molecule has 136 valence electrons. The summed E-state index contributed by atoms with van der Waals surface area (Å²) in [6, 6.07) is 10.2. The van der Waals surface area contributed by atoms with Crippen molar-refractivity contribution in [3.05, 3.63) is 57.7 Å². The third-order valence-electron chi connectivity index (χ3n) is 5.22. The first kappa shape index (κ1) is 19.1. The lowest BCUT2D eigenvalue weighted by Crippen LogP contribution is -3.02. The van der Waals surface area contributed by atoms with Gasteiger partial charge in [0.05, 0.1) is 0 Å². The fourth-order valence-corrected chi connectivity index (χ4v) is 4.11. The Morgan fingerprint density at radius 1 is 1.36 bits per heavy atom. The highest BCUT2D eigenvalue weighted by Gasteiger charge is 2.61. The van der Waals surface area contributed by atoms with Crippen LogP contribution in [0, 0.1) is 22.0 Å². The smallest absolute Gasteiger partial charge is 0.257 e. The summed E-state index contributed by atoms with van der Waals surface area (Å²) in [6.45, 7) is 4.06. The molecular weight excluding hydrogens is 320 g/mol. The second-order valence-electron chi connectivity index (χ2n) is 6.98. The molecule has 0 spiro atoms. The van der Waals surface area contributed by atoms with Crippen molar-refractivity contribution in [2.24, 2.45) is 11.8 Å². The van der Waals surface area contributed by atoms with Crippen LogP contribution in [0.2, 0.25) is 0 Å². The third-order valence-corrected chi connectivity index (χ3v) is 5.22. The molecule has 0 amide bonds. The first-order valence-corrected chi connectivity index (χ1v) is 8.73. The van der Waals surface area contributed by atoms with Crippen LogP contribution in [0.25, 0.3) is 0 Å². The Bertz CT molecular complexity index is 640. The number of fused-ring (bicyclic) bond motifs is 1. The second-order valence-corrected chi connectivity index (χ2v) is 6.98. The number of hydrogen-bond acceptors (Lipinski definition) is 4. The average Bonchev–Trinajstić information content (AvgIpc) is 2.89. The van der Waals surface area contributed by atoms with Gasteiger partial charge in [0.25, 0.3) is 6.54 Å². The predicted octanol–water partition coefficient (Wildman–Crippen LogP) is 0.898. The molecule has 2 aliphatic carbocycles. The van der Waals surface area contributed by atoms with Gasteiger partial charge in [-0.15, -0.1) is 0 Å². The minimum absolute atomic E-state index is 0.0779. The zero-order chi connectivity index (χ0) is 18.4. The molecular formula is C19H26N2O4. The van der Waals surface area contributed by atoms with E-state index in [1.54, 1.807) is 0 Å². The van der Waals surface area contributed by atoms with Gasteiger partial charge >= 0.3 is 0 Å². The maximum atomic E-state index is 11.1. The SMILES string of the molecule is CC(=O)[O-].CCC1=C[C@@H]2[C@H](C1)C[C@]2(C[N+](=O)[O-])[NH2+]Cc1ccccc1. The highest BCUT2D eigenvalue weighted by molar-refractivity contribution is 5.60. The van der Waals surface area contributed by atoms with Crippen LogP contribution < -0.4 is 10.4 Å². The summed E-state index contributed by atoms with van der Waals surface area (Å²) in [5, 5.41) is 22.2. The number of aliphatic carboxylic acids is 1. The van der Waals surface area contributed by atoms with Crippen molar-refractivity contribution < 1.29 is 20.1 Å². The molecule has 0 saturated heterocycles. The molecule has 0 unspecified atom stereocenters. The summed E-state index contributed by atoms with van der Waals surface area (Å²) in [5.41, 5.74) is 2.51. The highest BCUT2D eigenvalue weighted by atomic mass is 16.6. The maximum absolute atomic E-state index is 11.1. The number of allylic oxidation sites excluding steroid dienone is 1. The van der Waals surface area contributed by atoms with Crippen LogP contribution in [0.15, 0.2) is 42.0 Å². The van der Waals surface area contributed by atoms with Gasteiger partial charge in [-0.3, -0.25) is 10.1 Å². The van der Waals surface area contributed by atoms with Gasteiger partial charge in [-0.25, -0.2) is 0 Å². The van der Waals surface area contributed by atoms with E-state index in [9.17, 15) is 10.1 Å². The monoisotopic (exact) mass is 346 g/mol. The number of quaternary nitrogens is 1. The van der Waals surface area contributed by atoms with Crippen molar-refractivity contribution in [3.63, 3.8) is 0 Å². The van der Waals surface area contributed by atoms with Gasteiger partial charge in [-0.1, -0.05) is 48.9 Å². The fourth-order valence-electron chi connectivity index (χ4n) is 4.11. The van der Waals surface area contributed by atoms with Gasteiger partial charge in [0.15, 0.2) is 5.54 Å². The number of nitrogens with zero attached hydrogens (tertiary/aromatic N) is 1. The summed E-state index contributed by atoms with van der Waals surface area (Å²) in [5.74, 6) is -0.0477. The van der Waals surface area contributed by atoms with Crippen molar-refractivity contribution in [3.8, 4) is 0 Å². The normalized spacial score (nSPS) is 26.6. The molecule has 3 rings (SSSR count). The number of rotatable bonds is 6. The van der Waals surface area contributed by atoms with E-state index in [1.165, 1.54) is 11.1 Å². The van der Waals surface area contributed by atoms with E-state index in [1.807, 2.05) is 18.2 Å². The second kappa shape index (κ2) is 8.25. The van der Waals surface area contributed by atoms with Crippen molar-refractivity contribution in [2.45, 2.75) is 45.2 Å². The molecule has 2 aliphatic rings. The van der Waals surface area contributed by atoms with Crippen LogP contribution in [-0.2, 0) is 11.3 Å². The summed E-state index contributed by atoms with van der Waals surface area (Å²) in [4.78, 5) is 19.9. The van der Waals surface area contributed by atoms with E-state index in [0.29, 0.717) is 11.8 Å². The van der Waals surface area contributed by atoms with Crippen molar-refractivity contribution in [2.75, 3.05) is 6.54 Å². The van der Waals surface area contributed by atoms with Gasteiger partial charge in [-0.2, -0.15) is 0 Å². The van der Waals surface area contributed by atoms with Crippen LogP contribution in [0.4, 0.5) is 0 Å². The molecule has 6 heteroatoms. The predicted molar refractivity (Wildman–Crippen MR) is 91.9 cm³/mol. The third kappa shape index (κ3) is 4.89. The topological polar surface area (TPSA) is 99.9 Å². The molecule has 0 radical (unpaired) electrons. The molecule has 0 bridgehead atoms. The van der Waals surface area contributed by atoms with E-state index in [0.717, 1.165) is 32.7 Å². The first-order chi connectivity index (χ1) is 11.9. The van der Waals surface area contributed by atoms with Crippen LogP contribution in [-0.4, -0.2) is 23.0 Å². The zero-order valence-corrected chi connectivity index (χ0v) is 14.8. The fraction of sp³-hybridized carbons (Fsp3) is 0.526. The number of carboxylic acid groups (broad SMARTS) is 1. The summed E-state index contributed by atoms with van der Waals surface area (Å²) in [7, 11) is 0. The molecule has 1 fully saturated rings. The van der Waals surface area contributed by atoms with Gasteiger partial charge in [0, 0.05) is 28.8 Å². The molecule has 0 aliphatic heterocycles. The molecule has 1 aromatic carbocycles. The standard InChI is InChI=1S/C17H22N2O2.C2H4O2/c1-2-13-8-15-10-17(12-19(20)21,16(15)9-13)18-11-14-6-4-3-5-7-14;1-2(3)4/h3-7,9,15-16,18H,2,8,10-12H2,1H3;1H3,(H,3,4)/t15-,16-,17-;/m1./s1. The van der Waals surface area contributed by atoms with Gasteiger partial charge < -0.3 is 15.2 Å². The van der Waals surface area contributed by atoms with Crippen LogP contribution in [0.3, 0.4) is 0 Å². The summed E-state index contributed by atoms with van der Waals surface area (Å²) in [6.07, 6.45) is 5.55. The Balaban J connectivity index is 0.000000511. The van der Waals surface area contributed by atoms with Crippen molar-refractivity contribution in [1.82, 2.24) is 0 Å². The van der Waals surface area contributed by atoms with Crippen molar-refractivity contribution in [1.29, 1.82) is 0 Å². The van der Waals surface area contributed by atoms with E-state index in [4.69, 9.17) is 9.90 Å². The number of carbonyl (C=O) groups is 1. The minimum atomic E-state index is -1.08. The lowest BCUT2D eigenvalue weighted by Gasteiger charge is -2.46. The number of carbonyl (C=O) groups excluding carboxylic acids is 1. The van der Waals surface area contributed by atoms with Gasteiger partial charge in [0.1, 0.15) is 6.54 Å². The molecule has 0 heterocycles. The Hall–Kier alpha value is -2.21. The maximum Gasteiger partial charge on any atom is 0.257 e. The van der Waals surface area contributed by atoms with Gasteiger partial charge in [-0.05, 0) is 25.7 Å². The Labute approximate surface area is 148 Å². The lowest BCUT2D eigenvalue weighted by atomic mass is 9.60. The molecule has 0 aromatic heterocycles. The zero-order valence-electron chi connectivity index (χ0n) is 14.8. The van der Waals surface area contributed by atoms with Gasteiger partial charge in [0.2, 0.25) is 0 Å². The van der Waals surface area contributed by atoms with E-state index in [-0.39, 0.29) is 17.0 Å². The highest BCUT2D eigenvalue weighted by Crippen LogP contribution is 2.51. The lowest BCUT2D eigenvalue weighted by molar-refractivity contribution is -0.783. The van der Waals surface area contributed by atoms with E-state index < -0.39 is 5.97 Å². The van der Waals surface area contributed by atoms with Crippen LogP contribution >= 0.6 is 0 Å². The number of carboxylic acids is 1. The Morgan fingerprint density at radius 2 is 2.00 bits per heavy atom. The number of hydrogen-bond donors (Lipinski definition) is 1. The molecule has 1 aromatic rings. The quantitative estimate of drug-likeness (QED) is 0.470. The molecule has 3 atom stereocenters. The summed E-state index contributed by atoms with van der Waals surface area (Å²) < 4.78 is 0. The Kier molecular flexibility index (Phi) is 6.31. The molecule has 1 saturated carbocycles. The van der Waals surface area contributed by atoms with Crippen LogP contribution in [0.5, 0.6) is 0 Å². The van der Waals surface area contributed by atoms with Crippen LogP contribution in [0.1, 0.15) is 38.7 Å². The molecule has 25 heavy (non-hydrogen) atoms. The number of benzene rings is 1. The largest absolute Gasteiger partial charge is 0.550 e. The Morgan fingerprint density at radius 3 is 2.56 bits per heavy atom. The van der Waals surface area contributed by atoms with E-state index >= 15 is 0 Å². The average molecular weight is 346 g/mol. The number of nitro groups is 1. The minimum Gasteiger partial charge on any atom is -0.550 e. The first-order valence-electron chi connectivity index (χ1n) is 8.73. The molecule has 6 nitrogen and oxygen atoms in total.